The highest BCUT2D eigenvalue weighted by molar-refractivity contribution is 5.72. The van der Waals surface area contributed by atoms with Crippen LogP contribution in [0.2, 0.25) is 0 Å². The first-order valence-corrected chi connectivity index (χ1v) is 9.94. The van der Waals surface area contributed by atoms with E-state index in [2.05, 4.69) is 4.98 Å². The zero-order valence-electron chi connectivity index (χ0n) is 17.3. The Morgan fingerprint density at radius 3 is 2.53 bits per heavy atom. The summed E-state index contributed by atoms with van der Waals surface area (Å²) in [6, 6.07) is 15.3. The maximum absolute atomic E-state index is 13.2. The van der Waals surface area contributed by atoms with Crippen molar-refractivity contribution in [3.8, 4) is 11.4 Å². The number of hydrogen-bond donors (Lipinski definition) is 0. The van der Waals surface area contributed by atoms with Crippen molar-refractivity contribution in [2.45, 2.75) is 33.4 Å². The number of benzene rings is 2. The Bertz CT molecular complexity index is 1310. The average Bonchev–Trinajstić information content (AvgIpc) is 3.16. The summed E-state index contributed by atoms with van der Waals surface area (Å²) < 4.78 is 9.92. The third-order valence-electron chi connectivity index (χ3n) is 5.13. The fourth-order valence-corrected chi connectivity index (χ4v) is 3.61. The van der Waals surface area contributed by atoms with E-state index < -0.39 is 0 Å². The number of ether oxygens (including phenoxy) is 1. The Morgan fingerprint density at radius 2 is 1.83 bits per heavy atom. The Morgan fingerprint density at radius 1 is 1.07 bits per heavy atom. The van der Waals surface area contributed by atoms with Gasteiger partial charge in [-0.3, -0.25) is 9.36 Å². The molecule has 0 unspecified atom stereocenters. The van der Waals surface area contributed by atoms with Gasteiger partial charge in [0.2, 0.25) is 0 Å². The molecule has 4 aromatic rings. The van der Waals surface area contributed by atoms with Crippen LogP contribution < -0.4 is 16.0 Å². The van der Waals surface area contributed by atoms with Gasteiger partial charge in [0.1, 0.15) is 5.75 Å². The summed E-state index contributed by atoms with van der Waals surface area (Å²) in [5.74, 6) is 0.747. The fraction of sp³-hybridized carbons (Fsp3) is 0.261. The second-order valence-corrected chi connectivity index (χ2v) is 7.31. The number of nitrogens with zero attached hydrogens (tertiary/aromatic N) is 4. The van der Waals surface area contributed by atoms with Gasteiger partial charge >= 0.3 is 5.69 Å². The van der Waals surface area contributed by atoms with Crippen LogP contribution >= 0.6 is 0 Å². The summed E-state index contributed by atoms with van der Waals surface area (Å²) in [6.07, 6.45) is 2.30. The highest BCUT2D eigenvalue weighted by Gasteiger charge is 2.19. The van der Waals surface area contributed by atoms with Gasteiger partial charge in [0, 0.05) is 13.1 Å². The summed E-state index contributed by atoms with van der Waals surface area (Å²) in [5.41, 5.74) is 2.84. The van der Waals surface area contributed by atoms with Crippen molar-refractivity contribution in [1.82, 2.24) is 18.7 Å². The molecule has 2 aromatic heterocycles. The lowest BCUT2D eigenvalue weighted by atomic mass is 10.2. The van der Waals surface area contributed by atoms with Gasteiger partial charge in [0.05, 0.1) is 19.1 Å². The first-order chi connectivity index (χ1) is 14.5. The van der Waals surface area contributed by atoms with Gasteiger partial charge in [0.15, 0.2) is 11.2 Å². The highest BCUT2D eigenvalue weighted by atomic mass is 16.5. The molecule has 7 nitrogen and oxygen atoms in total. The van der Waals surface area contributed by atoms with E-state index in [1.165, 1.54) is 9.13 Å². The smallest absolute Gasteiger partial charge is 0.337 e. The Balaban J connectivity index is 1.95. The molecule has 0 aliphatic carbocycles. The molecule has 2 aromatic carbocycles. The molecular formula is C23H24N4O3. The molecule has 0 saturated heterocycles. The monoisotopic (exact) mass is 404 g/mol. The molecule has 0 N–H and O–H groups in total. The lowest BCUT2D eigenvalue weighted by Gasteiger charge is -2.12. The maximum atomic E-state index is 13.2. The van der Waals surface area contributed by atoms with Crippen molar-refractivity contribution in [2.24, 2.45) is 0 Å². The number of hydrogen-bond acceptors (Lipinski definition) is 4. The number of methoxy groups -OCH3 is 1. The number of aryl methyl sites for hydroxylation is 1. The van der Waals surface area contributed by atoms with Gasteiger partial charge < -0.3 is 9.30 Å². The van der Waals surface area contributed by atoms with Gasteiger partial charge in [-0.1, -0.05) is 36.8 Å². The molecule has 0 aliphatic rings. The minimum atomic E-state index is -0.371. The van der Waals surface area contributed by atoms with Crippen LogP contribution in [0.15, 0.2) is 64.4 Å². The topological polar surface area (TPSA) is 71.0 Å². The maximum Gasteiger partial charge on any atom is 0.337 e. The van der Waals surface area contributed by atoms with E-state index in [0.29, 0.717) is 36.4 Å². The van der Waals surface area contributed by atoms with Gasteiger partial charge in [0.25, 0.3) is 5.56 Å². The van der Waals surface area contributed by atoms with E-state index in [4.69, 9.17) is 4.74 Å². The van der Waals surface area contributed by atoms with E-state index >= 15 is 0 Å². The lowest BCUT2D eigenvalue weighted by Crippen LogP contribution is -2.40. The normalized spacial score (nSPS) is 11.2. The summed E-state index contributed by atoms with van der Waals surface area (Å²) in [7, 11) is 1.62. The predicted octanol–water partition coefficient (Wildman–Crippen LogP) is 3.12. The van der Waals surface area contributed by atoms with E-state index in [-0.39, 0.29) is 11.2 Å². The molecule has 0 bridgehead atoms. The number of imidazole rings is 1. The second-order valence-electron chi connectivity index (χ2n) is 7.31. The largest absolute Gasteiger partial charge is 0.497 e. The van der Waals surface area contributed by atoms with Gasteiger partial charge in [-0.05, 0) is 43.2 Å². The van der Waals surface area contributed by atoms with E-state index in [1.807, 2.05) is 62.4 Å². The Kier molecular flexibility index (Phi) is 5.27. The van der Waals surface area contributed by atoms with Crippen LogP contribution in [0.3, 0.4) is 0 Å². The number of rotatable bonds is 6. The number of fused-ring (bicyclic) bond motifs is 1. The van der Waals surface area contributed by atoms with Crippen molar-refractivity contribution in [2.75, 3.05) is 7.11 Å². The van der Waals surface area contributed by atoms with Crippen molar-refractivity contribution in [3.05, 3.63) is 86.8 Å². The molecule has 0 aliphatic heterocycles. The first-order valence-electron chi connectivity index (χ1n) is 9.94. The summed E-state index contributed by atoms with van der Waals surface area (Å²) >= 11 is 0. The molecule has 0 amide bonds. The molecule has 0 spiro atoms. The summed E-state index contributed by atoms with van der Waals surface area (Å²) in [6.45, 7) is 4.73. The van der Waals surface area contributed by atoms with Crippen LogP contribution in [0.4, 0.5) is 0 Å². The predicted molar refractivity (Wildman–Crippen MR) is 117 cm³/mol. The van der Waals surface area contributed by atoms with E-state index in [1.54, 1.807) is 18.0 Å². The number of aromatic nitrogens is 4. The molecular weight excluding hydrogens is 380 g/mol. The van der Waals surface area contributed by atoms with Crippen LogP contribution in [0.1, 0.15) is 24.5 Å². The summed E-state index contributed by atoms with van der Waals surface area (Å²) in [4.78, 5) is 30.9. The third-order valence-corrected chi connectivity index (χ3v) is 5.13. The standard InChI is InChI=1S/C23H24N4O3/c1-4-12-26-22(28)20-21(27(23(26)29)18-10-8-16(2)9-11-18)24-15-25(20)14-17-6-5-7-19(13-17)30-3/h5-11,13,15H,4,12,14H2,1-3H3. The average molecular weight is 404 g/mol. The molecule has 0 atom stereocenters. The Labute approximate surface area is 173 Å². The van der Waals surface area contributed by atoms with Gasteiger partial charge in [-0.15, -0.1) is 0 Å². The van der Waals surface area contributed by atoms with E-state index in [0.717, 1.165) is 16.9 Å². The minimum absolute atomic E-state index is 0.319. The van der Waals surface area contributed by atoms with Crippen LogP contribution in [-0.4, -0.2) is 25.8 Å². The quantitative estimate of drug-likeness (QED) is 0.495. The van der Waals surface area contributed by atoms with E-state index in [9.17, 15) is 9.59 Å². The van der Waals surface area contributed by atoms with Crippen LogP contribution in [-0.2, 0) is 13.1 Å². The van der Waals surface area contributed by atoms with Crippen molar-refractivity contribution in [1.29, 1.82) is 0 Å². The van der Waals surface area contributed by atoms with Crippen LogP contribution in [0.5, 0.6) is 5.75 Å². The van der Waals surface area contributed by atoms with Gasteiger partial charge in [-0.2, -0.15) is 0 Å². The van der Waals surface area contributed by atoms with Crippen LogP contribution in [0, 0.1) is 6.92 Å². The lowest BCUT2D eigenvalue weighted by molar-refractivity contribution is 0.414. The SMILES string of the molecule is CCCn1c(=O)c2c(ncn2Cc2cccc(OC)c2)n(-c2ccc(C)cc2)c1=O. The molecule has 0 radical (unpaired) electrons. The van der Waals surface area contributed by atoms with Crippen molar-refractivity contribution in [3.63, 3.8) is 0 Å². The second kappa shape index (κ2) is 8.02. The molecule has 7 heteroatoms. The highest BCUT2D eigenvalue weighted by Crippen LogP contribution is 2.17. The molecule has 2 heterocycles. The minimum Gasteiger partial charge on any atom is -0.497 e. The van der Waals surface area contributed by atoms with Crippen LogP contribution in [0.25, 0.3) is 16.9 Å². The van der Waals surface area contributed by atoms with Gasteiger partial charge in [-0.25, -0.2) is 14.3 Å². The third kappa shape index (κ3) is 3.43. The first kappa shape index (κ1) is 19.7. The molecule has 0 saturated carbocycles. The van der Waals surface area contributed by atoms with Crippen molar-refractivity contribution < 1.29 is 4.74 Å². The fourth-order valence-electron chi connectivity index (χ4n) is 3.61. The summed E-state index contributed by atoms with van der Waals surface area (Å²) in [5, 5.41) is 0. The zero-order valence-corrected chi connectivity index (χ0v) is 17.3. The molecule has 0 fully saturated rings. The molecule has 4 rings (SSSR count). The molecule has 154 valence electrons. The zero-order chi connectivity index (χ0) is 21.3. The van der Waals surface area contributed by atoms with Crippen molar-refractivity contribution >= 4 is 11.2 Å². The molecule has 30 heavy (non-hydrogen) atoms. The Hall–Kier alpha value is -3.61.